The summed E-state index contributed by atoms with van der Waals surface area (Å²) in [4.78, 5) is 23.6. The van der Waals surface area contributed by atoms with E-state index in [1.807, 2.05) is 33.2 Å². The summed E-state index contributed by atoms with van der Waals surface area (Å²) in [6, 6.07) is 4.03. The second-order valence-electron chi connectivity index (χ2n) is 6.57. The van der Waals surface area contributed by atoms with E-state index in [4.69, 9.17) is 4.98 Å². The second-order valence-corrected chi connectivity index (χ2v) is 6.57. The number of amides is 1. The maximum Gasteiger partial charge on any atom is 0.224 e. The summed E-state index contributed by atoms with van der Waals surface area (Å²) in [5.74, 6) is 0.186. The molecule has 4 heterocycles. The molecule has 25 heavy (non-hydrogen) atoms. The number of fused-ring (bicyclic) bond motifs is 1. The zero-order valence-corrected chi connectivity index (χ0v) is 14.4. The monoisotopic (exact) mass is 338 g/mol. The molecule has 0 bridgehead atoms. The van der Waals surface area contributed by atoms with E-state index in [1.54, 1.807) is 18.7 Å². The van der Waals surface area contributed by atoms with Crippen molar-refractivity contribution in [3.8, 4) is 0 Å². The summed E-state index contributed by atoms with van der Waals surface area (Å²) in [7, 11) is 0. The highest BCUT2D eigenvalue weighted by Crippen LogP contribution is 2.31. The van der Waals surface area contributed by atoms with E-state index in [2.05, 4.69) is 16.1 Å². The molecule has 1 aliphatic heterocycles. The predicted molar refractivity (Wildman–Crippen MR) is 92.9 cm³/mol. The van der Waals surface area contributed by atoms with Crippen LogP contribution in [0.2, 0.25) is 0 Å². The van der Waals surface area contributed by atoms with Gasteiger partial charge in [0.1, 0.15) is 0 Å². The first kappa shape index (κ1) is 15.8. The average molecular weight is 338 g/mol. The van der Waals surface area contributed by atoms with Crippen molar-refractivity contribution in [3.05, 3.63) is 48.4 Å². The zero-order valence-electron chi connectivity index (χ0n) is 14.4. The summed E-state index contributed by atoms with van der Waals surface area (Å²) in [5.41, 5.74) is 2.86. The smallest absolute Gasteiger partial charge is 0.224 e. The fourth-order valence-corrected chi connectivity index (χ4v) is 3.59. The molecule has 3 aromatic heterocycles. The second kappa shape index (κ2) is 6.66. The van der Waals surface area contributed by atoms with Crippen molar-refractivity contribution in [2.45, 2.75) is 45.2 Å². The SMILES string of the molecule is Cc1cc([C@H]2CCCCN2C(=O)CCn2ccnc2)nc2ccnn12. The lowest BCUT2D eigenvalue weighted by Gasteiger charge is -2.35. The zero-order chi connectivity index (χ0) is 17.2. The predicted octanol–water partition coefficient (Wildman–Crippen LogP) is 2.38. The summed E-state index contributed by atoms with van der Waals surface area (Å²) < 4.78 is 3.77. The number of piperidine rings is 1. The molecule has 0 aliphatic carbocycles. The van der Waals surface area contributed by atoms with Gasteiger partial charge in [0, 0.05) is 43.7 Å². The standard InChI is InChI=1S/C18H22N6O/c1-14-12-15(21-17-5-7-20-24(14)17)16-4-2-3-9-23(16)18(25)6-10-22-11-8-19-13-22/h5,7-8,11-13,16H,2-4,6,9-10H2,1H3/t16-/m1/s1. The van der Waals surface area contributed by atoms with Gasteiger partial charge < -0.3 is 9.47 Å². The lowest BCUT2D eigenvalue weighted by atomic mass is 9.98. The van der Waals surface area contributed by atoms with Crippen LogP contribution in [0.3, 0.4) is 0 Å². The minimum absolute atomic E-state index is 0.0580. The molecule has 0 unspecified atom stereocenters. The number of aryl methyl sites for hydroxylation is 2. The molecule has 0 radical (unpaired) electrons. The first-order chi connectivity index (χ1) is 12.2. The quantitative estimate of drug-likeness (QED) is 0.732. The molecule has 130 valence electrons. The molecule has 7 heteroatoms. The Morgan fingerprint density at radius 3 is 3.08 bits per heavy atom. The lowest BCUT2D eigenvalue weighted by molar-refractivity contribution is -0.135. The molecule has 7 nitrogen and oxygen atoms in total. The molecule has 1 aliphatic rings. The Kier molecular flexibility index (Phi) is 4.21. The Morgan fingerprint density at radius 1 is 1.32 bits per heavy atom. The largest absolute Gasteiger partial charge is 0.337 e. The first-order valence-corrected chi connectivity index (χ1v) is 8.79. The Hall–Kier alpha value is -2.70. The third kappa shape index (κ3) is 3.14. The third-order valence-electron chi connectivity index (χ3n) is 4.86. The van der Waals surface area contributed by atoms with Crippen LogP contribution >= 0.6 is 0 Å². The molecule has 0 N–H and O–H groups in total. The molecular formula is C18H22N6O. The van der Waals surface area contributed by atoms with E-state index >= 15 is 0 Å². The highest BCUT2D eigenvalue weighted by Gasteiger charge is 2.29. The van der Waals surface area contributed by atoms with Gasteiger partial charge in [0.05, 0.1) is 24.3 Å². The van der Waals surface area contributed by atoms with Gasteiger partial charge >= 0.3 is 0 Å². The van der Waals surface area contributed by atoms with Crippen molar-refractivity contribution >= 4 is 11.6 Å². The van der Waals surface area contributed by atoms with Gasteiger partial charge in [-0.3, -0.25) is 4.79 Å². The Balaban J connectivity index is 1.56. The molecule has 1 fully saturated rings. The number of imidazole rings is 1. The van der Waals surface area contributed by atoms with E-state index in [9.17, 15) is 4.79 Å². The van der Waals surface area contributed by atoms with Crippen molar-refractivity contribution in [2.75, 3.05) is 6.54 Å². The van der Waals surface area contributed by atoms with Crippen molar-refractivity contribution in [1.29, 1.82) is 0 Å². The molecule has 0 saturated carbocycles. The summed E-state index contributed by atoms with van der Waals surface area (Å²) in [6.07, 6.45) is 10.8. The van der Waals surface area contributed by atoms with E-state index < -0.39 is 0 Å². The molecule has 4 rings (SSSR count). The Bertz CT molecular complexity index is 869. The van der Waals surface area contributed by atoms with Gasteiger partial charge in [-0.2, -0.15) is 5.10 Å². The van der Waals surface area contributed by atoms with Crippen molar-refractivity contribution < 1.29 is 4.79 Å². The third-order valence-corrected chi connectivity index (χ3v) is 4.86. The number of carbonyl (C=O) groups is 1. The minimum Gasteiger partial charge on any atom is -0.337 e. The topological polar surface area (TPSA) is 68.3 Å². The molecule has 0 aromatic carbocycles. The van der Waals surface area contributed by atoms with Crippen LogP contribution in [0.15, 0.2) is 37.1 Å². The van der Waals surface area contributed by atoms with Crippen LogP contribution in [-0.2, 0) is 11.3 Å². The van der Waals surface area contributed by atoms with Crippen LogP contribution in [-0.4, -0.2) is 41.5 Å². The molecule has 0 spiro atoms. The van der Waals surface area contributed by atoms with Gasteiger partial charge in [0.2, 0.25) is 5.91 Å². The van der Waals surface area contributed by atoms with E-state index in [0.29, 0.717) is 13.0 Å². The number of hydrogen-bond donors (Lipinski definition) is 0. The van der Waals surface area contributed by atoms with Gasteiger partial charge in [-0.1, -0.05) is 0 Å². The van der Waals surface area contributed by atoms with Crippen molar-refractivity contribution in [2.24, 2.45) is 0 Å². The highest BCUT2D eigenvalue weighted by molar-refractivity contribution is 5.76. The van der Waals surface area contributed by atoms with Crippen LogP contribution in [0.1, 0.15) is 43.1 Å². The van der Waals surface area contributed by atoms with Gasteiger partial charge in [-0.05, 0) is 32.3 Å². The fourth-order valence-electron chi connectivity index (χ4n) is 3.59. The van der Waals surface area contributed by atoms with Crippen LogP contribution in [0.5, 0.6) is 0 Å². The van der Waals surface area contributed by atoms with Crippen LogP contribution in [0.25, 0.3) is 5.65 Å². The molecule has 1 saturated heterocycles. The normalized spacial score (nSPS) is 18.0. The summed E-state index contributed by atoms with van der Waals surface area (Å²) in [6.45, 7) is 3.49. The van der Waals surface area contributed by atoms with Gasteiger partial charge in [0.25, 0.3) is 0 Å². The summed E-state index contributed by atoms with van der Waals surface area (Å²) in [5, 5.41) is 4.28. The van der Waals surface area contributed by atoms with Gasteiger partial charge in [-0.15, -0.1) is 0 Å². The molecule has 1 amide bonds. The number of likely N-dealkylation sites (tertiary alicyclic amines) is 1. The number of hydrogen-bond acceptors (Lipinski definition) is 4. The lowest BCUT2D eigenvalue weighted by Crippen LogP contribution is -2.39. The van der Waals surface area contributed by atoms with Crippen molar-refractivity contribution in [1.82, 2.24) is 29.0 Å². The number of nitrogens with zero attached hydrogens (tertiary/aromatic N) is 6. The Labute approximate surface area is 146 Å². The average Bonchev–Trinajstić information content (AvgIpc) is 3.31. The van der Waals surface area contributed by atoms with Crippen LogP contribution in [0.4, 0.5) is 0 Å². The van der Waals surface area contributed by atoms with Crippen LogP contribution in [0, 0.1) is 6.92 Å². The molecular weight excluding hydrogens is 316 g/mol. The summed E-state index contributed by atoms with van der Waals surface area (Å²) >= 11 is 0. The Morgan fingerprint density at radius 2 is 2.24 bits per heavy atom. The van der Waals surface area contributed by atoms with E-state index in [-0.39, 0.29) is 11.9 Å². The maximum absolute atomic E-state index is 12.8. The van der Waals surface area contributed by atoms with E-state index in [0.717, 1.165) is 42.8 Å². The van der Waals surface area contributed by atoms with Gasteiger partial charge in [0.15, 0.2) is 5.65 Å². The first-order valence-electron chi connectivity index (χ1n) is 8.79. The van der Waals surface area contributed by atoms with Crippen LogP contribution < -0.4 is 0 Å². The van der Waals surface area contributed by atoms with Crippen molar-refractivity contribution in [3.63, 3.8) is 0 Å². The van der Waals surface area contributed by atoms with E-state index in [1.165, 1.54) is 0 Å². The minimum atomic E-state index is 0.0580. The molecule has 1 atom stereocenters. The maximum atomic E-state index is 12.8. The molecule has 3 aromatic rings. The number of aromatic nitrogens is 5. The van der Waals surface area contributed by atoms with Gasteiger partial charge in [-0.25, -0.2) is 14.5 Å². The highest BCUT2D eigenvalue weighted by atomic mass is 16.2. The fraction of sp³-hybridized carbons (Fsp3) is 0.444. The number of carbonyl (C=O) groups excluding carboxylic acids is 1. The number of rotatable bonds is 4.